The van der Waals surface area contributed by atoms with E-state index in [9.17, 15) is 4.79 Å². The van der Waals surface area contributed by atoms with Gasteiger partial charge >= 0.3 is 6.03 Å². The van der Waals surface area contributed by atoms with Gasteiger partial charge in [0.2, 0.25) is 0 Å². The molecule has 3 N–H and O–H groups in total. The number of nitrogens with two attached hydrogens (primary N) is 1. The van der Waals surface area contributed by atoms with Crippen molar-refractivity contribution in [2.75, 3.05) is 17.4 Å². The maximum Gasteiger partial charge on any atom is 0.329 e. The summed E-state index contributed by atoms with van der Waals surface area (Å²) in [5.41, 5.74) is 10.1. The minimum Gasteiger partial charge on any atom is -0.473 e. The number of ether oxygens (including phenoxy) is 1. The summed E-state index contributed by atoms with van der Waals surface area (Å²) in [6, 6.07) is 22.5. The van der Waals surface area contributed by atoms with Crippen LogP contribution < -0.4 is 20.7 Å². The smallest absolute Gasteiger partial charge is 0.329 e. The van der Waals surface area contributed by atoms with Crippen LogP contribution in [-0.2, 0) is 5.41 Å². The molecule has 3 aromatic rings. The molecule has 0 aromatic heterocycles. The standard InChI is InChI=1S/C25H29N3O2/c1-18-10-15-23(22(16-18)25(2,3)4)30-17-27-24(29)28(20-8-6-5-7-9-20)21-13-11-19(26)12-14-21/h5-16H,17,26H2,1-4H3,(H,27,29). The highest BCUT2D eigenvalue weighted by molar-refractivity contribution is 5.99. The van der Waals surface area contributed by atoms with Crippen LogP contribution in [0.15, 0.2) is 72.8 Å². The molecule has 3 rings (SSSR count). The van der Waals surface area contributed by atoms with Gasteiger partial charge in [0.1, 0.15) is 5.75 Å². The predicted octanol–water partition coefficient (Wildman–Crippen LogP) is 5.76. The average Bonchev–Trinajstić information content (AvgIpc) is 2.71. The van der Waals surface area contributed by atoms with Gasteiger partial charge in [-0.1, -0.05) is 56.7 Å². The summed E-state index contributed by atoms with van der Waals surface area (Å²) in [5.74, 6) is 0.771. The fourth-order valence-electron chi connectivity index (χ4n) is 3.19. The number of amides is 2. The van der Waals surface area contributed by atoms with Gasteiger partial charge in [-0.2, -0.15) is 0 Å². The number of carbonyl (C=O) groups is 1. The number of hydrogen-bond acceptors (Lipinski definition) is 3. The van der Waals surface area contributed by atoms with Crippen molar-refractivity contribution in [2.45, 2.75) is 33.1 Å². The molecule has 30 heavy (non-hydrogen) atoms. The van der Waals surface area contributed by atoms with Gasteiger partial charge in [0.15, 0.2) is 6.73 Å². The molecule has 0 fully saturated rings. The third-order valence-electron chi connectivity index (χ3n) is 4.76. The highest BCUT2D eigenvalue weighted by Gasteiger charge is 2.21. The van der Waals surface area contributed by atoms with Gasteiger partial charge in [0.25, 0.3) is 0 Å². The number of nitrogens with zero attached hydrogens (tertiary/aromatic N) is 1. The van der Waals surface area contributed by atoms with E-state index in [4.69, 9.17) is 10.5 Å². The minimum absolute atomic E-state index is 0.0588. The number of carbonyl (C=O) groups excluding carboxylic acids is 1. The Bertz CT molecular complexity index is 993. The Morgan fingerprint density at radius 2 is 1.60 bits per heavy atom. The first kappa shape index (κ1) is 21.2. The largest absolute Gasteiger partial charge is 0.473 e. The molecule has 0 heterocycles. The van der Waals surface area contributed by atoms with Crippen molar-refractivity contribution >= 4 is 23.1 Å². The van der Waals surface area contributed by atoms with E-state index >= 15 is 0 Å². The first-order valence-corrected chi connectivity index (χ1v) is 9.98. The van der Waals surface area contributed by atoms with Crippen molar-refractivity contribution in [3.63, 3.8) is 0 Å². The molecule has 0 unspecified atom stereocenters. The molecular formula is C25H29N3O2. The monoisotopic (exact) mass is 403 g/mol. The SMILES string of the molecule is Cc1ccc(OCNC(=O)N(c2ccccc2)c2ccc(N)cc2)c(C(C)(C)C)c1. The highest BCUT2D eigenvalue weighted by Crippen LogP contribution is 2.32. The lowest BCUT2D eigenvalue weighted by Gasteiger charge is -2.25. The lowest BCUT2D eigenvalue weighted by molar-refractivity contribution is 0.230. The van der Waals surface area contributed by atoms with Crippen molar-refractivity contribution < 1.29 is 9.53 Å². The van der Waals surface area contributed by atoms with Crippen molar-refractivity contribution in [3.8, 4) is 5.75 Å². The van der Waals surface area contributed by atoms with Crippen LogP contribution in [0.5, 0.6) is 5.75 Å². The molecule has 3 aromatic carbocycles. The number of rotatable bonds is 5. The Balaban J connectivity index is 1.77. The molecule has 2 amide bonds. The van der Waals surface area contributed by atoms with Crippen LogP contribution in [0.2, 0.25) is 0 Å². The van der Waals surface area contributed by atoms with Gasteiger partial charge in [-0.3, -0.25) is 4.90 Å². The fraction of sp³-hybridized carbons (Fsp3) is 0.240. The second-order valence-corrected chi connectivity index (χ2v) is 8.28. The maximum absolute atomic E-state index is 13.1. The first-order chi connectivity index (χ1) is 14.3. The Labute approximate surface area is 178 Å². The Kier molecular flexibility index (Phi) is 6.31. The van der Waals surface area contributed by atoms with E-state index in [1.807, 2.05) is 54.6 Å². The summed E-state index contributed by atoms with van der Waals surface area (Å²) in [6.07, 6.45) is 0. The summed E-state index contributed by atoms with van der Waals surface area (Å²) in [4.78, 5) is 14.7. The third-order valence-corrected chi connectivity index (χ3v) is 4.76. The average molecular weight is 404 g/mol. The van der Waals surface area contributed by atoms with Gasteiger partial charge in [-0.05, 0) is 60.4 Å². The summed E-state index contributed by atoms with van der Waals surface area (Å²) in [7, 11) is 0. The number of para-hydroxylation sites is 1. The zero-order chi connectivity index (χ0) is 21.7. The molecule has 0 spiro atoms. The Morgan fingerprint density at radius 3 is 2.23 bits per heavy atom. The Hall–Kier alpha value is -3.47. The molecule has 0 aliphatic rings. The number of nitrogen functional groups attached to an aromatic ring is 1. The normalized spacial score (nSPS) is 11.1. The lowest BCUT2D eigenvalue weighted by Crippen LogP contribution is -2.39. The first-order valence-electron chi connectivity index (χ1n) is 9.98. The second-order valence-electron chi connectivity index (χ2n) is 8.28. The van der Waals surface area contributed by atoms with Gasteiger partial charge in [-0.15, -0.1) is 0 Å². The summed E-state index contributed by atoms with van der Waals surface area (Å²) < 4.78 is 5.95. The van der Waals surface area contributed by atoms with Crippen LogP contribution in [0.4, 0.5) is 21.9 Å². The van der Waals surface area contributed by atoms with E-state index < -0.39 is 0 Å². The quantitative estimate of drug-likeness (QED) is 0.420. The van der Waals surface area contributed by atoms with Gasteiger partial charge in [0.05, 0.1) is 11.4 Å². The van der Waals surface area contributed by atoms with Gasteiger partial charge < -0.3 is 15.8 Å². The van der Waals surface area contributed by atoms with Crippen molar-refractivity contribution in [2.24, 2.45) is 0 Å². The molecule has 0 saturated heterocycles. The molecule has 5 nitrogen and oxygen atoms in total. The predicted molar refractivity (Wildman–Crippen MR) is 123 cm³/mol. The van der Waals surface area contributed by atoms with Crippen molar-refractivity contribution in [1.29, 1.82) is 0 Å². The highest BCUT2D eigenvalue weighted by atomic mass is 16.5. The van der Waals surface area contributed by atoms with E-state index in [1.165, 1.54) is 5.56 Å². The zero-order valence-corrected chi connectivity index (χ0v) is 18.0. The topological polar surface area (TPSA) is 67.6 Å². The zero-order valence-electron chi connectivity index (χ0n) is 18.0. The second kappa shape index (κ2) is 8.91. The molecule has 156 valence electrons. The molecule has 0 aliphatic carbocycles. The van der Waals surface area contributed by atoms with Crippen molar-refractivity contribution in [3.05, 3.63) is 83.9 Å². The van der Waals surface area contributed by atoms with Gasteiger partial charge in [-0.25, -0.2) is 4.79 Å². The molecule has 0 bridgehead atoms. The number of anilines is 3. The molecule has 0 aliphatic heterocycles. The minimum atomic E-state index is -0.282. The van der Waals surface area contributed by atoms with Crippen LogP contribution in [0.1, 0.15) is 31.9 Å². The van der Waals surface area contributed by atoms with Crippen molar-refractivity contribution in [1.82, 2.24) is 5.32 Å². The van der Waals surface area contributed by atoms with Gasteiger partial charge in [0, 0.05) is 5.69 Å². The lowest BCUT2D eigenvalue weighted by atomic mass is 9.85. The van der Waals surface area contributed by atoms with Crippen LogP contribution in [0, 0.1) is 6.92 Å². The number of benzene rings is 3. The van der Waals surface area contributed by atoms with E-state index in [0.29, 0.717) is 5.69 Å². The molecule has 5 heteroatoms. The van der Waals surface area contributed by atoms with E-state index in [2.05, 4.69) is 39.1 Å². The number of hydrogen-bond donors (Lipinski definition) is 2. The molecular weight excluding hydrogens is 374 g/mol. The summed E-state index contributed by atoms with van der Waals surface area (Å²) >= 11 is 0. The number of urea groups is 1. The van der Waals surface area contributed by atoms with Crippen LogP contribution >= 0.6 is 0 Å². The molecule has 0 atom stereocenters. The number of aryl methyl sites for hydroxylation is 1. The maximum atomic E-state index is 13.1. The fourth-order valence-corrected chi connectivity index (χ4v) is 3.19. The molecule has 0 radical (unpaired) electrons. The third kappa shape index (κ3) is 5.11. The van der Waals surface area contributed by atoms with E-state index in [0.717, 1.165) is 22.7 Å². The van der Waals surface area contributed by atoms with Crippen LogP contribution in [0.25, 0.3) is 0 Å². The summed E-state index contributed by atoms with van der Waals surface area (Å²) in [6.45, 7) is 8.55. The van der Waals surface area contributed by atoms with E-state index in [-0.39, 0.29) is 18.2 Å². The van der Waals surface area contributed by atoms with Crippen LogP contribution in [-0.4, -0.2) is 12.8 Å². The summed E-state index contributed by atoms with van der Waals surface area (Å²) in [5, 5.41) is 2.87. The number of nitrogens with one attached hydrogen (secondary N) is 1. The molecule has 0 saturated carbocycles. The Morgan fingerprint density at radius 1 is 0.967 bits per heavy atom. The van der Waals surface area contributed by atoms with E-state index in [1.54, 1.807) is 17.0 Å². The van der Waals surface area contributed by atoms with Crippen LogP contribution in [0.3, 0.4) is 0 Å².